The Hall–Kier alpha value is -0.483. The third-order valence-electron chi connectivity index (χ3n) is 1.69. The SMILES string of the molecule is COC(CC(C)([SiH3])OC)N=C=O. The zero-order valence-corrected chi connectivity index (χ0v) is 9.96. The van der Waals surface area contributed by atoms with Gasteiger partial charge in [0.15, 0.2) is 6.23 Å². The molecule has 4 nitrogen and oxygen atoms in total. The molecule has 0 fully saturated rings. The number of nitrogens with zero attached hydrogens (tertiary/aromatic N) is 1. The number of methoxy groups -OCH3 is 2. The first-order valence-electron chi connectivity index (χ1n) is 3.70. The second-order valence-electron chi connectivity index (χ2n) is 3.08. The van der Waals surface area contributed by atoms with Gasteiger partial charge in [-0.3, -0.25) is 0 Å². The summed E-state index contributed by atoms with van der Waals surface area (Å²) in [4.78, 5) is 13.4. The predicted octanol–water partition coefficient (Wildman–Crippen LogP) is -0.587. The minimum Gasteiger partial charge on any atom is -0.383 e. The normalized spacial score (nSPS) is 17.9. The molecule has 2 unspecified atom stereocenters. The van der Waals surface area contributed by atoms with Crippen LogP contribution in [0, 0.1) is 0 Å². The molecular formula is C7H15NO3Si. The van der Waals surface area contributed by atoms with Gasteiger partial charge in [-0.25, -0.2) is 4.79 Å². The van der Waals surface area contributed by atoms with E-state index < -0.39 is 6.23 Å². The zero-order valence-electron chi connectivity index (χ0n) is 7.96. The molecule has 70 valence electrons. The van der Waals surface area contributed by atoms with Gasteiger partial charge in [0.05, 0.1) is 0 Å². The van der Waals surface area contributed by atoms with Crippen molar-refractivity contribution in [2.75, 3.05) is 14.2 Å². The number of aliphatic imine (C=N–C) groups is 1. The number of carbonyl (C=O) groups excluding carboxylic acids is 1. The highest BCUT2D eigenvalue weighted by atomic mass is 28.1. The molecule has 2 atom stereocenters. The van der Waals surface area contributed by atoms with Crippen molar-refractivity contribution in [3.05, 3.63) is 0 Å². The maximum Gasteiger partial charge on any atom is 0.237 e. The number of isocyanates is 1. The molecule has 0 aliphatic carbocycles. The van der Waals surface area contributed by atoms with Crippen LogP contribution in [-0.2, 0) is 14.3 Å². The Morgan fingerprint density at radius 2 is 2.25 bits per heavy atom. The summed E-state index contributed by atoms with van der Waals surface area (Å²) in [5.41, 5.74) is 0. The van der Waals surface area contributed by atoms with Crippen LogP contribution in [0.25, 0.3) is 0 Å². The van der Waals surface area contributed by atoms with E-state index in [4.69, 9.17) is 9.47 Å². The van der Waals surface area contributed by atoms with Crippen molar-refractivity contribution in [3.63, 3.8) is 0 Å². The van der Waals surface area contributed by atoms with E-state index in [2.05, 4.69) is 4.99 Å². The van der Waals surface area contributed by atoms with Gasteiger partial charge in [-0.05, 0) is 6.92 Å². The van der Waals surface area contributed by atoms with Crippen molar-refractivity contribution >= 4 is 16.3 Å². The summed E-state index contributed by atoms with van der Waals surface area (Å²) in [6.45, 7) is 1.96. The monoisotopic (exact) mass is 189 g/mol. The van der Waals surface area contributed by atoms with Gasteiger partial charge in [0.1, 0.15) is 0 Å². The predicted molar refractivity (Wildman–Crippen MR) is 48.9 cm³/mol. The van der Waals surface area contributed by atoms with Crippen LogP contribution < -0.4 is 0 Å². The molecule has 0 rings (SSSR count). The van der Waals surface area contributed by atoms with Gasteiger partial charge in [0, 0.05) is 36.1 Å². The van der Waals surface area contributed by atoms with E-state index in [1.807, 2.05) is 6.92 Å². The highest BCUT2D eigenvalue weighted by Gasteiger charge is 2.21. The van der Waals surface area contributed by atoms with E-state index in [0.717, 1.165) is 10.2 Å². The van der Waals surface area contributed by atoms with Gasteiger partial charge in [-0.1, -0.05) is 0 Å². The molecule has 0 saturated heterocycles. The highest BCUT2D eigenvalue weighted by Crippen LogP contribution is 2.14. The molecule has 0 aromatic heterocycles. The molecule has 0 saturated carbocycles. The van der Waals surface area contributed by atoms with Crippen molar-refractivity contribution in [1.82, 2.24) is 0 Å². The van der Waals surface area contributed by atoms with Crippen molar-refractivity contribution in [1.29, 1.82) is 0 Å². The first kappa shape index (κ1) is 11.5. The first-order valence-corrected chi connectivity index (χ1v) is 4.70. The zero-order chi connectivity index (χ0) is 9.61. The molecule has 0 aliphatic heterocycles. The molecule has 0 amide bonds. The molecule has 0 spiro atoms. The standard InChI is InChI=1S/C7H15NO3Si/c1-7(12,11-3)4-6(10-2)8-5-9/h6H,4H2,1-3,12H3. The lowest BCUT2D eigenvalue weighted by Gasteiger charge is -2.25. The van der Waals surface area contributed by atoms with E-state index in [1.165, 1.54) is 13.2 Å². The molecule has 0 radical (unpaired) electrons. The topological polar surface area (TPSA) is 47.9 Å². The Balaban J connectivity index is 4.10. The molecular weight excluding hydrogens is 174 g/mol. The third kappa shape index (κ3) is 4.41. The van der Waals surface area contributed by atoms with Crippen LogP contribution in [-0.4, -0.2) is 42.0 Å². The third-order valence-corrected chi connectivity index (χ3v) is 2.50. The Morgan fingerprint density at radius 3 is 2.58 bits per heavy atom. The molecule has 0 aliphatic rings. The van der Waals surface area contributed by atoms with Crippen LogP contribution in [0.1, 0.15) is 13.3 Å². The fourth-order valence-corrected chi connectivity index (χ4v) is 1.09. The largest absolute Gasteiger partial charge is 0.383 e. The van der Waals surface area contributed by atoms with Crippen molar-refractivity contribution < 1.29 is 14.3 Å². The Kier molecular flexibility index (Phi) is 5.00. The maximum atomic E-state index is 9.95. The maximum absolute atomic E-state index is 9.95. The lowest BCUT2D eigenvalue weighted by molar-refractivity contribution is 0.0112. The lowest BCUT2D eigenvalue weighted by atomic mass is 10.2. The second kappa shape index (κ2) is 5.21. The van der Waals surface area contributed by atoms with Gasteiger partial charge in [-0.15, -0.1) is 0 Å². The average molecular weight is 189 g/mol. The second-order valence-corrected chi connectivity index (χ2v) is 5.19. The number of rotatable bonds is 5. The molecule has 0 aromatic rings. The number of ether oxygens (including phenoxy) is 2. The van der Waals surface area contributed by atoms with Crippen molar-refractivity contribution in [3.8, 4) is 0 Å². The lowest BCUT2D eigenvalue weighted by Crippen LogP contribution is -2.32. The Morgan fingerprint density at radius 1 is 1.67 bits per heavy atom. The smallest absolute Gasteiger partial charge is 0.237 e. The fourth-order valence-electron chi connectivity index (χ4n) is 0.744. The summed E-state index contributed by atoms with van der Waals surface area (Å²) >= 11 is 0. The van der Waals surface area contributed by atoms with Crippen LogP contribution >= 0.6 is 0 Å². The van der Waals surface area contributed by atoms with Crippen LogP contribution in [0.3, 0.4) is 0 Å². The molecule has 12 heavy (non-hydrogen) atoms. The van der Waals surface area contributed by atoms with Crippen molar-refractivity contribution in [2.45, 2.75) is 24.8 Å². The molecule has 0 N–H and O–H groups in total. The number of hydrogen-bond acceptors (Lipinski definition) is 4. The minimum absolute atomic E-state index is 0.193. The van der Waals surface area contributed by atoms with Crippen LogP contribution in [0.15, 0.2) is 4.99 Å². The fraction of sp³-hybridized carbons (Fsp3) is 0.857. The average Bonchev–Trinajstić information content (AvgIpc) is 2.03. The Labute approximate surface area is 75.4 Å². The van der Waals surface area contributed by atoms with Gasteiger partial charge < -0.3 is 9.47 Å². The summed E-state index contributed by atoms with van der Waals surface area (Å²) in [5, 5.41) is -0.193. The summed E-state index contributed by atoms with van der Waals surface area (Å²) in [6.07, 6.45) is 1.65. The van der Waals surface area contributed by atoms with Crippen LogP contribution in [0.4, 0.5) is 0 Å². The quantitative estimate of drug-likeness (QED) is 0.330. The molecule has 5 heteroatoms. The minimum atomic E-state index is -0.426. The van der Waals surface area contributed by atoms with Gasteiger partial charge >= 0.3 is 0 Å². The van der Waals surface area contributed by atoms with Crippen LogP contribution in [0.5, 0.6) is 0 Å². The molecule has 0 heterocycles. The summed E-state index contributed by atoms with van der Waals surface area (Å²) < 4.78 is 10.1. The van der Waals surface area contributed by atoms with Crippen molar-refractivity contribution in [2.24, 2.45) is 4.99 Å². The Bertz CT molecular complexity index is 177. The molecule has 0 bridgehead atoms. The summed E-state index contributed by atoms with van der Waals surface area (Å²) in [5.74, 6) is 0. The summed E-state index contributed by atoms with van der Waals surface area (Å²) in [6, 6.07) is 0. The first-order chi connectivity index (χ1) is 5.55. The van der Waals surface area contributed by atoms with E-state index in [0.29, 0.717) is 6.42 Å². The van der Waals surface area contributed by atoms with Gasteiger partial charge in [0.2, 0.25) is 6.08 Å². The van der Waals surface area contributed by atoms with Gasteiger partial charge in [-0.2, -0.15) is 4.99 Å². The summed E-state index contributed by atoms with van der Waals surface area (Å²) in [7, 11) is 4.02. The van der Waals surface area contributed by atoms with E-state index in [-0.39, 0.29) is 5.22 Å². The van der Waals surface area contributed by atoms with Crippen LogP contribution in [0.2, 0.25) is 0 Å². The number of hydrogen-bond donors (Lipinski definition) is 0. The molecule has 0 aromatic carbocycles. The van der Waals surface area contributed by atoms with E-state index in [9.17, 15) is 4.79 Å². The van der Waals surface area contributed by atoms with E-state index >= 15 is 0 Å². The van der Waals surface area contributed by atoms with Gasteiger partial charge in [0.25, 0.3) is 0 Å². The highest BCUT2D eigenvalue weighted by molar-refractivity contribution is 6.14. The van der Waals surface area contributed by atoms with E-state index in [1.54, 1.807) is 7.11 Å².